The Hall–Kier alpha value is -4.70. The summed E-state index contributed by atoms with van der Waals surface area (Å²) in [5.41, 5.74) is 11.0. The van der Waals surface area contributed by atoms with Gasteiger partial charge in [0.15, 0.2) is 11.6 Å². The molecule has 39 heavy (non-hydrogen) atoms. The first-order chi connectivity index (χ1) is 18.9. The first-order valence-corrected chi connectivity index (χ1v) is 12.6. The summed E-state index contributed by atoms with van der Waals surface area (Å²) in [5, 5.41) is 3.03. The van der Waals surface area contributed by atoms with E-state index >= 15 is 0 Å². The first kappa shape index (κ1) is 25.9. The number of carbonyl (C=O) groups is 1. The van der Waals surface area contributed by atoms with E-state index in [9.17, 15) is 9.18 Å². The molecule has 1 aromatic carbocycles. The van der Waals surface area contributed by atoms with Crippen molar-refractivity contribution in [1.29, 1.82) is 0 Å². The number of aromatic nitrogens is 5. The van der Waals surface area contributed by atoms with Gasteiger partial charge >= 0.3 is 0 Å². The number of imidazole rings is 1. The monoisotopic (exact) mass is 525 g/mol. The maximum atomic E-state index is 13.7. The normalized spacial score (nSPS) is 11.2. The number of ether oxygens (including phenoxy) is 1. The number of Topliss-reactive ketones (excluding diaryl/α,β-unsaturated/α-hetero) is 1. The quantitative estimate of drug-likeness (QED) is 0.205. The van der Waals surface area contributed by atoms with Gasteiger partial charge in [0.2, 0.25) is 0 Å². The molecule has 0 spiro atoms. The topological polar surface area (TPSA) is 120 Å². The van der Waals surface area contributed by atoms with Crippen LogP contribution in [0, 0.1) is 12.7 Å². The van der Waals surface area contributed by atoms with Crippen molar-refractivity contribution in [2.75, 3.05) is 25.9 Å². The molecule has 4 aromatic heterocycles. The summed E-state index contributed by atoms with van der Waals surface area (Å²) in [5.74, 6) is 0.0105. The highest BCUT2D eigenvalue weighted by Crippen LogP contribution is 2.32. The van der Waals surface area contributed by atoms with Crippen molar-refractivity contribution in [3.05, 3.63) is 90.0 Å². The lowest BCUT2D eigenvalue weighted by molar-refractivity contribution is 0.0978. The van der Waals surface area contributed by atoms with Gasteiger partial charge in [-0.2, -0.15) is 0 Å². The van der Waals surface area contributed by atoms with Gasteiger partial charge in [-0.15, -0.1) is 0 Å². The lowest BCUT2D eigenvalue weighted by Crippen LogP contribution is -2.17. The zero-order valence-electron chi connectivity index (χ0n) is 21.7. The number of nitrogens with zero attached hydrogens (tertiary/aromatic N) is 5. The van der Waals surface area contributed by atoms with Gasteiger partial charge in [-0.1, -0.05) is 0 Å². The Bertz CT molecular complexity index is 1630. The van der Waals surface area contributed by atoms with Crippen molar-refractivity contribution < 1.29 is 13.9 Å². The number of likely N-dealkylation sites (N-methyl/N-ethyl adjacent to an activating group) is 1. The van der Waals surface area contributed by atoms with Crippen molar-refractivity contribution in [3.63, 3.8) is 0 Å². The molecular formula is C29H28FN7O2. The van der Waals surface area contributed by atoms with Gasteiger partial charge < -0.3 is 20.2 Å². The zero-order chi connectivity index (χ0) is 27.4. The Balaban J connectivity index is 1.50. The second kappa shape index (κ2) is 11.4. The average molecular weight is 526 g/mol. The van der Waals surface area contributed by atoms with Crippen LogP contribution in [0.15, 0.2) is 67.1 Å². The molecule has 0 fully saturated rings. The van der Waals surface area contributed by atoms with Crippen molar-refractivity contribution in [3.8, 4) is 28.3 Å². The summed E-state index contributed by atoms with van der Waals surface area (Å²) in [6, 6.07) is 13.3. The number of ketones is 1. The van der Waals surface area contributed by atoms with Crippen molar-refractivity contribution in [2.45, 2.75) is 19.8 Å². The van der Waals surface area contributed by atoms with Crippen LogP contribution in [-0.4, -0.2) is 50.3 Å². The molecule has 0 amide bonds. The molecule has 0 saturated heterocycles. The van der Waals surface area contributed by atoms with E-state index in [2.05, 4.69) is 20.3 Å². The highest BCUT2D eigenvalue weighted by atomic mass is 19.1. The molecule has 0 atom stereocenters. The predicted octanol–water partition coefficient (Wildman–Crippen LogP) is 4.30. The summed E-state index contributed by atoms with van der Waals surface area (Å²) < 4.78 is 21.4. The molecule has 10 heteroatoms. The van der Waals surface area contributed by atoms with Gasteiger partial charge in [-0.25, -0.2) is 19.3 Å². The molecule has 4 heterocycles. The third-order valence-corrected chi connectivity index (χ3v) is 6.32. The summed E-state index contributed by atoms with van der Waals surface area (Å²) >= 11 is 0. The van der Waals surface area contributed by atoms with Gasteiger partial charge in [0.1, 0.15) is 29.5 Å². The fourth-order valence-corrected chi connectivity index (χ4v) is 4.26. The van der Waals surface area contributed by atoms with E-state index in [0.29, 0.717) is 48.0 Å². The van der Waals surface area contributed by atoms with Gasteiger partial charge in [0, 0.05) is 54.8 Å². The SMILES string of the molecule is CNCCOc1cccnc1CCC(=O)c1nc(-c2ccc3ncc(C)n3c2)c(-c2ccc(F)cc2)nc1N. The number of aryl methyl sites for hydroxylation is 2. The van der Waals surface area contributed by atoms with Crippen LogP contribution in [0.2, 0.25) is 0 Å². The van der Waals surface area contributed by atoms with E-state index in [1.807, 2.05) is 42.8 Å². The predicted molar refractivity (Wildman–Crippen MR) is 147 cm³/mol. The molecule has 0 radical (unpaired) electrons. The molecule has 198 valence electrons. The molecule has 0 aliphatic carbocycles. The Morgan fingerprint density at radius 1 is 1.05 bits per heavy atom. The van der Waals surface area contributed by atoms with Crippen LogP contribution in [-0.2, 0) is 6.42 Å². The number of anilines is 1. The number of hydrogen-bond donors (Lipinski definition) is 2. The zero-order valence-corrected chi connectivity index (χ0v) is 21.7. The van der Waals surface area contributed by atoms with Crippen LogP contribution in [0.25, 0.3) is 28.2 Å². The minimum Gasteiger partial charge on any atom is -0.490 e. The van der Waals surface area contributed by atoms with Gasteiger partial charge in [0.25, 0.3) is 0 Å². The molecule has 0 unspecified atom stereocenters. The summed E-state index contributed by atoms with van der Waals surface area (Å²) in [7, 11) is 1.85. The molecule has 0 aliphatic rings. The van der Waals surface area contributed by atoms with Crippen LogP contribution >= 0.6 is 0 Å². The number of halogens is 1. The van der Waals surface area contributed by atoms with E-state index in [4.69, 9.17) is 15.5 Å². The lowest BCUT2D eigenvalue weighted by atomic mass is 10.0. The van der Waals surface area contributed by atoms with E-state index in [1.54, 1.807) is 30.6 Å². The third-order valence-electron chi connectivity index (χ3n) is 6.32. The first-order valence-electron chi connectivity index (χ1n) is 12.6. The molecule has 0 saturated carbocycles. The van der Waals surface area contributed by atoms with Crippen LogP contribution in [0.1, 0.15) is 28.3 Å². The van der Waals surface area contributed by atoms with E-state index in [-0.39, 0.29) is 29.5 Å². The minimum absolute atomic E-state index is 0.00878. The number of nitrogens with one attached hydrogen (secondary N) is 1. The lowest BCUT2D eigenvalue weighted by Gasteiger charge is -2.14. The van der Waals surface area contributed by atoms with Crippen LogP contribution in [0.4, 0.5) is 10.2 Å². The molecule has 5 aromatic rings. The molecule has 9 nitrogen and oxygen atoms in total. The Morgan fingerprint density at radius 3 is 2.62 bits per heavy atom. The van der Waals surface area contributed by atoms with Crippen LogP contribution in [0.5, 0.6) is 5.75 Å². The summed E-state index contributed by atoms with van der Waals surface area (Å²) in [6.45, 7) is 3.12. The van der Waals surface area contributed by atoms with E-state index in [0.717, 1.165) is 16.9 Å². The maximum absolute atomic E-state index is 13.7. The average Bonchev–Trinajstić information content (AvgIpc) is 3.32. The van der Waals surface area contributed by atoms with E-state index in [1.165, 1.54) is 12.1 Å². The smallest absolute Gasteiger partial charge is 0.185 e. The molecule has 3 N–H and O–H groups in total. The number of nitrogen functional groups attached to an aromatic ring is 1. The van der Waals surface area contributed by atoms with Crippen LogP contribution < -0.4 is 15.8 Å². The van der Waals surface area contributed by atoms with Gasteiger partial charge in [-0.05, 0) is 62.5 Å². The van der Waals surface area contributed by atoms with E-state index < -0.39 is 0 Å². The van der Waals surface area contributed by atoms with Crippen LogP contribution in [0.3, 0.4) is 0 Å². The third kappa shape index (κ3) is 5.60. The number of hydrogen-bond acceptors (Lipinski definition) is 8. The van der Waals surface area contributed by atoms with Crippen molar-refractivity contribution in [1.82, 2.24) is 29.7 Å². The summed E-state index contributed by atoms with van der Waals surface area (Å²) in [4.78, 5) is 31.5. The van der Waals surface area contributed by atoms with Gasteiger partial charge in [0.05, 0.1) is 17.1 Å². The maximum Gasteiger partial charge on any atom is 0.185 e. The number of rotatable bonds is 10. The second-order valence-electron chi connectivity index (χ2n) is 9.03. The van der Waals surface area contributed by atoms with Gasteiger partial charge in [-0.3, -0.25) is 9.78 Å². The Labute approximate surface area is 224 Å². The number of pyridine rings is 2. The largest absolute Gasteiger partial charge is 0.490 e. The second-order valence-corrected chi connectivity index (χ2v) is 9.03. The molecule has 0 aliphatic heterocycles. The van der Waals surface area contributed by atoms with Crippen molar-refractivity contribution in [2.24, 2.45) is 0 Å². The number of carbonyl (C=O) groups excluding carboxylic acids is 1. The molecular weight excluding hydrogens is 497 g/mol. The minimum atomic E-state index is -0.368. The number of benzene rings is 1. The Morgan fingerprint density at radius 2 is 1.82 bits per heavy atom. The number of nitrogens with two attached hydrogens (primary N) is 1. The Kier molecular flexibility index (Phi) is 7.55. The molecule has 5 rings (SSSR count). The standard InChI is InChI=1S/C29H28FN7O2/c1-18-16-34-25-12-7-20(17-37(18)25)27-26(19-5-8-21(30)9-6-19)36-29(31)28(35-27)23(38)11-10-22-24(4-3-13-33-22)39-15-14-32-2/h3-9,12-13,16-17,32H,10-11,14-15H2,1-2H3,(H2,31,36). The van der Waals surface area contributed by atoms with Crippen molar-refractivity contribution >= 4 is 17.2 Å². The highest BCUT2D eigenvalue weighted by Gasteiger charge is 2.21. The fourth-order valence-electron chi connectivity index (χ4n) is 4.26. The molecule has 0 bridgehead atoms. The number of fused-ring (bicyclic) bond motifs is 1. The fraction of sp³-hybridized carbons (Fsp3) is 0.207. The highest BCUT2D eigenvalue weighted by molar-refractivity contribution is 5.99. The summed E-state index contributed by atoms with van der Waals surface area (Å²) in [6.07, 6.45) is 5.81.